The molecule has 1 fully saturated rings. The van der Waals surface area contributed by atoms with E-state index < -0.39 is 43.4 Å². The molecule has 0 saturated carbocycles. The Balaban J connectivity index is 2.12. The smallest absolute Gasteiger partial charge is 0.188 e. The van der Waals surface area contributed by atoms with Crippen LogP contribution >= 0.6 is 0 Å². The number of nitriles is 1. The summed E-state index contributed by atoms with van der Waals surface area (Å²) in [6.45, 7) is -0.548. The Hall–Kier alpha value is -1.53. The Morgan fingerprint density at radius 3 is 2.38 bits per heavy atom. The summed E-state index contributed by atoms with van der Waals surface area (Å²) in [6.07, 6.45) is -7.91. The van der Waals surface area contributed by atoms with Gasteiger partial charge in [0.25, 0.3) is 0 Å². The minimum Gasteiger partial charge on any atom is -0.394 e. The van der Waals surface area contributed by atoms with E-state index in [2.05, 4.69) is 0 Å². The lowest BCUT2D eigenvalue weighted by Gasteiger charge is -2.40. The Bertz CT molecular complexity index is 488. The Morgan fingerprint density at radius 2 is 1.81 bits per heavy atom. The number of hydrogen-bond donors (Lipinski definition) is 4. The molecule has 6 atom stereocenters. The third kappa shape index (κ3) is 3.39. The summed E-state index contributed by atoms with van der Waals surface area (Å²) in [5.74, 6) is 0. The Morgan fingerprint density at radius 1 is 1.14 bits per heavy atom. The Labute approximate surface area is 121 Å². The van der Waals surface area contributed by atoms with Gasteiger partial charge in [-0.15, -0.1) is 0 Å². The fraction of sp³-hybridized carbons (Fsp3) is 0.500. The van der Waals surface area contributed by atoms with Crippen LogP contribution in [-0.2, 0) is 9.47 Å². The van der Waals surface area contributed by atoms with Gasteiger partial charge >= 0.3 is 0 Å². The Kier molecular flexibility index (Phi) is 5.25. The van der Waals surface area contributed by atoms with Gasteiger partial charge in [-0.1, -0.05) is 30.3 Å². The number of nitrogens with zero attached hydrogens (tertiary/aromatic N) is 1. The molecule has 4 N–H and O–H groups in total. The normalized spacial score (nSPS) is 34.1. The van der Waals surface area contributed by atoms with Crippen LogP contribution in [0, 0.1) is 11.3 Å². The maximum Gasteiger partial charge on any atom is 0.188 e. The predicted molar refractivity (Wildman–Crippen MR) is 69.6 cm³/mol. The summed E-state index contributed by atoms with van der Waals surface area (Å²) in [5.41, 5.74) is 0.567. The SMILES string of the molecule is N#C[C@@H](O[C@@H]1O[C@H](CO)[C@@H](O)[C@H](O)[C@H]1O)c1ccccc1. The second-order valence-electron chi connectivity index (χ2n) is 4.75. The number of benzene rings is 1. The standard InChI is InChI=1S/C14H17NO6/c15-6-9(8-4-2-1-3-5-8)20-14-13(19)12(18)11(17)10(7-16)21-14/h1-5,9-14,16-19H,7H2/t9-,10-,11-,12+,13-,14-/m1/s1. The lowest BCUT2D eigenvalue weighted by molar-refractivity contribution is -0.307. The van der Waals surface area contributed by atoms with Gasteiger partial charge in [0.2, 0.25) is 0 Å². The van der Waals surface area contributed by atoms with Crippen molar-refractivity contribution in [2.24, 2.45) is 0 Å². The van der Waals surface area contributed by atoms with Crippen molar-refractivity contribution in [3.63, 3.8) is 0 Å². The highest BCUT2D eigenvalue weighted by Gasteiger charge is 2.44. The first-order valence-electron chi connectivity index (χ1n) is 6.49. The summed E-state index contributed by atoms with van der Waals surface area (Å²) in [4.78, 5) is 0. The van der Waals surface area contributed by atoms with Crippen LogP contribution in [0.3, 0.4) is 0 Å². The average Bonchev–Trinajstić information content (AvgIpc) is 2.53. The van der Waals surface area contributed by atoms with Crippen LogP contribution in [0.1, 0.15) is 11.7 Å². The molecule has 1 aromatic carbocycles. The van der Waals surface area contributed by atoms with E-state index in [1.807, 2.05) is 6.07 Å². The molecule has 0 radical (unpaired) electrons. The lowest BCUT2D eigenvalue weighted by Crippen LogP contribution is -2.59. The van der Waals surface area contributed by atoms with Crippen molar-refractivity contribution < 1.29 is 29.9 Å². The topological polar surface area (TPSA) is 123 Å². The van der Waals surface area contributed by atoms with E-state index in [0.29, 0.717) is 5.56 Å². The summed E-state index contributed by atoms with van der Waals surface area (Å²) in [6, 6.07) is 10.5. The van der Waals surface area contributed by atoms with Gasteiger partial charge in [-0.2, -0.15) is 5.26 Å². The van der Waals surface area contributed by atoms with Gasteiger partial charge in [-0.25, -0.2) is 0 Å². The van der Waals surface area contributed by atoms with Gasteiger partial charge in [0.05, 0.1) is 12.7 Å². The molecule has 7 heteroatoms. The summed E-state index contributed by atoms with van der Waals surface area (Å²) >= 11 is 0. The zero-order chi connectivity index (χ0) is 15.4. The van der Waals surface area contributed by atoms with Gasteiger partial charge in [0.15, 0.2) is 12.4 Å². The average molecular weight is 295 g/mol. The van der Waals surface area contributed by atoms with Crippen LogP contribution in [0.5, 0.6) is 0 Å². The molecule has 0 amide bonds. The molecule has 2 rings (SSSR count). The molecule has 0 aliphatic carbocycles. The monoisotopic (exact) mass is 295 g/mol. The number of aliphatic hydroxyl groups is 4. The maximum atomic E-state index is 9.86. The van der Waals surface area contributed by atoms with Crippen molar-refractivity contribution in [3.05, 3.63) is 35.9 Å². The van der Waals surface area contributed by atoms with Crippen LogP contribution < -0.4 is 0 Å². The first-order valence-corrected chi connectivity index (χ1v) is 6.49. The molecular weight excluding hydrogens is 278 g/mol. The van der Waals surface area contributed by atoms with Crippen molar-refractivity contribution in [1.29, 1.82) is 5.26 Å². The quantitative estimate of drug-likeness (QED) is 0.565. The number of rotatable bonds is 4. The molecule has 1 saturated heterocycles. The molecule has 114 valence electrons. The zero-order valence-corrected chi connectivity index (χ0v) is 11.1. The highest BCUT2D eigenvalue weighted by atomic mass is 16.7. The van der Waals surface area contributed by atoms with Crippen LogP contribution in [0.15, 0.2) is 30.3 Å². The molecule has 1 aliphatic heterocycles. The fourth-order valence-corrected chi connectivity index (χ4v) is 2.13. The molecule has 1 heterocycles. The largest absolute Gasteiger partial charge is 0.394 e. The van der Waals surface area contributed by atoms with Crippen molar-refractivity contribution in [2.45, 2.75) is 36.8 Å². The van der Waals surface area contributed by atoms with E-state index in [4.69, 9.17) is 19.8 Å². The highest BCUT2D eigenvalue weighted by molar-refractivity contribution is 5.22. The van der Waals surface area contributed by atoms with E-state index in [9.17, 15) is 15.3 Å². The fourth-order valence-electron chi connectivity index (χ4n) is 2.13. The molecule has 0 bridgehead atoms. The minimum absolute atomic E-state index is 0.548. The lowest BCUT2D eigenvalue weighted by atomic mass is 9.99. The molecule has 0 spiro atoms. The molecule has 21 heavy (non-hydrogen) atoms. The molecular formula is C14H17NO6. The molecule has 0 unspecified atom stereocenters. The number of ether oxygens (including phenoxy) is 2. The van der Waals surface area contributed by atoms with E-state index >= 15 is 0 Å². The number of hydrogen-bond acceptors (Lipinski definition) is 7. The molecule has 0 aromatic heterocycles. The summed E-state index contributed by atoms with van der Waals surface area (Å²) in [5, 5.41) is 47.5. The minimum atomic E-state index is -1.53. The summed E-state index contributed by atoms with van der Waals surface area (Å²) < 4.78 is 10.6. The molecule has 1 aromatic rings. The summed E-state index contributed by atoms with van der Waals surface area (Å²) in [7, 11) is 0. The zero-order valence-electron chi connectivity index (χ0n) is 11.1. The van der Waals surface area contributed by atoms with E-state index in [0.717, 1.165) is 0 Å². The van der Waals surface area contributed by atoms with Crippen molar-refractivity contribution >= 4 is 0 Å². The first kappa shape index (κ1) is 15.9. The van der Waals surface area contributed by atoms with Crippen LogP contribution in [0.4, 0.5) is 0 Å². The van der Waals surface area contributed by atoms with E-state index in [1.54, 1.807) is 30.3 Å². The van der Waals surface area contributed by atoms with Gasteiger partial charge in [-0.05, 0) is 5.56 Å². The van der Waals surface area contributed by atoms with Crippen molar-refractivity contribution in [2.75, 3.05) is 6.61 Å². The second kappa shape index (κ2) is 6.95. The van der Waals surface area contributed by atoms with Gasteiger partial charge in [0, 0.05) is 0 Å². The van der Waals surface area contributed by atoms with Gasteiger partial charge in [0.1, 0.15) is 24.4 Å². The van der Waals surface area contributed by atoms with Crippen LogP contribution in [0.2, 0.25) is 0 Å². The van der Waals surface area contributed by atoms with Crippen LogP contribution in [-0.4, -0.2) is 57.7 Å². The highest BCUT2D eigenvalue weighted by Crippen LogP contribution is 2.27. The van der Waals surface area contributed by atoms with Crippen molar-refractivity contribution in [1.82, 2.24) is 0 Å². The second-order valence-corrected chi connectivity index (χ2v) is 4.75. The first-order chi connectivity index (χ1) is 10.1. The van der Waals surface area contributed by atoms with E-state index in [1.165, 1.54) is 0 Å². The van der Waals surface area contributed by atoms with Gasteiger partial charge in [-0.3, -0.25) is 0 Å². The molecule has 1 aliphatic rings. The van der Waals surface area contributed by atoms with Gasteiger partial charge < -0.3 is 29.9 Å². The third-order valence-electron chi connectivity index (χ3n) is 3.34. The molecule has 7 nitrogen and oxygen atoms in total. The maximum absolute atomic E-state index is 9.86. The third-order valence-corrected chi connectivity index (χ3v) is 3.34. The number of aliphatic hydroxyl groups excluding tert-OH is 4. The van der Waals surface area contributed by atoms with Crippen LogP contribution in [0.25, 0.3) is 0 Å². The van der Waals surface area contributed by atoms with E-state index in [-0.39, 0.29) is 0 Å². The predicted octanol–water partition coefficient (Wildman–Crippen LogP) is -0.932. The van der Waals surface area contributed by atoms with Crippen molar-refractivity contribution in [3.8, 4) is 6.07 Å².